The van der Waals surface area contributed by atoms with Crippen LogP contribution in [0.15, 0.2) is 35.3 Å². The fourth-order valence-electron chi connectivity index (χ4n) is 3.22. The summed E-state index contributed by atoms with van der Waals surface area (Å²) in [6, 6.07) is 7.41. The van der Waals surface area contributed by atoms with Crippen LogP contribution < -0.4 is 20.3 Å². The monoisotopic (exact) mass is 400 g/mol. The molecule has 1 N–H and O–H groups in total. The largest absolute Gasteiger partial charge is 0.493 e. The van der Waals surface area contributed by atoms with Crippen molar-refractivity contribution < 1.29 is 14.3 Å². The quantitative estimate of drug-likeness (QED) is 0.656. The molecule has 0 bridgehead atoms. The van der Waals surface area contributed by atoms with Gasteiger partial charge in [0, 0.05) is 28.9 Å². The van der Waals surface area contributed by atoms with Crippen LogP contribution in [-0.4, -0.2) is 24.7 Å². The molecule has 0 radical (unpaired) electrons. The minimum absolute atomic E-state index is 0.111. The van der Waals surface area contributed by atoms with Gasteiger partial charge in [-0.3, -0.25) is 9.59 Å². The van der Waals surface area contributed by atoms with E-state index in [0.717, 1.165) is 21.6 Å². The molecule has 28 heavy (non-hydrogen) atoms. The number of carbonyl (C=O) groups excluding carboxylic acids is 1. The zero-order valence-electron chi connectivity index (χ0n) is 16.5. The van der Waals surface area contributed by atoms with Crippen molar-refractivity contribution in [1.82, 2.24) is 9.88 Å². The van der Waals surface area contributed by atoms with Gasteiger partial charge in [0.05, 0.1) is 25.2 Å². The molecule has 0 unspecified atom stereocenters. The van der Waals surface area contributed by atoms with Crippen molar-refractivity contribution >= 4 is 27.3 Å². The van der Waals surface area contributed by atoms with Crippen molar-refractivity contribution in [2.24, 2.45) is 0 Å². The molecular weight excluding hydrogens is 376 g/mol. The molecule has 0 aliphatic rings. The summed E-state index contributed by atoms with van der Waals surface area (Å²) in [5, 5.41) is 3.43. The average molecular weight is 401 g/mol. The number of methoxy groups -OCH3 is 2. The van der Waals surface area contributed by atoms with Crippen LogP contribution in [0.5, 0.6) is 11.5 Å². The number of rotatable bonds is 7. The van der Waals surface area contributed by atoms with E-state index in [4.69, 9.17) is 9.47 Å². The number of aryl methyl sites for hydroxylation is 2. The summed E-state index contributed by atoms with van der Waals surface area (Å²) in [5.41, 5.74) is 1.24. The maximum Gasteiger partial charge on any atom is 0.260 e. The lowest BCUT2D eigenvalue weighted by Gasteiger charge is -2.11. The van der Waals surface area contributed by atoms with Gasteiger partial charge in [-0.05, 0) is 37.1 Å². The zero-order chi connectivity index (χ0) is 20.3. The molecule has 2 aromatic heterocycles. The molecule has 1 aromatic carbocycles. The lowest BCUT2D eigenvalue weighted by atomic mass is 10.1. The molecule has 0 spiro atoms. The Bertz CT molecular complexity index is 1070. The van der Waals surface area contributed by atoms with E-state index < -0.39 is 0 Å². The van der Waals surface area contributed by atoms with Crippen molar-refractivity contribution in [2.75, 3.05) is 14.2 Å². The maximum atomic E-state index is 12.9. The molecule has 0 aliphatic carbocycles. The highest BCUT2D eigenvalue weighted by molar-refractivity contribution is 7.19. The van der Waals surface area contributed by atoms with Gasteiger partial charge in [-0.25, -0.2) is 0 Å². The summed E-state index contributed by atoms with van der Waals surface area (Å²) in [7, 11) is 3.15. The van der Waals surface area contributed by atoms with E-state index in [1.165, 1.54) is 11.3 Å². The third-order valence-electron chi connectivity index (χ3n) is 4.58. The summed E-state index contributed by atoms with van der Waals surface area (Å²) in [6.07, 6.45) is 2.66. The van der Waals surface area contributed by atoms with Gasteiger partial charge < -0.3 is 19.4 Å². The first kappa shape index (κ1) is 19.9. The summed E-state index contributed by atoms with van der Waals surface area (Å²) in [4.78, 5) is 26.6. The molecule has 0 saturated carbocycles. The van der Waals surface area contributed by atoms with E-state index in [0.29, 0.717) is 35.5 Å². The van der Waals surface area contributed by atoms with Gasteiger partial charge in [-0.15, -0.1) is 11.3 Å². The number of ether oxygens (including phenoxy) is 2. The van der Waals surface area contributed by atoms with Crippen LogP contribution in [0.25, 0.3) is 10.1 Å². The first-order chi connectivity index (χ1) is 13.5. The molecule has 0 saturated heterocycles. The summed E-state index contributed by atoms with van der Waals surface area (Å²) >= 11 is 1.47. The molecule has 148 valence electrons. The van der Waals surface area contributed by atoms with E-state index in [2.05, 4.69) is 5.32 Å². The number of pyridine rings is 1. The third kappa shape index (κ3) is 3.75. The first-order valence-corrected chi connectivity index (χ1v) is 9.93. The van der Waals surface area contributed by atoms with Gasteiger partial charge in [0.2, 0.25) is 0 Å². The van der Waals surface area contributed by atoms with Crippen LogP contribution in [0.1, 0.15) is 34.1 Å². The van der Waals surface area contributed by atoms with Crippen molar-refractivity contribution in [3.05, 3.63) is 56.8 Å². The highest BCUT2D eigenvalue weighted by Gasteiger charge is 2.20. The Balaban J connectivity index is 1.89. The Morgan fingerprint density at radius 3 is 2.61 bits per heavy atom. The Hall–Kier alpha value is -2.80. The van der Waals surface area contributed by atoms with E-state index in [9.17, 15) is 9.59 Å². The molecule has 1 amide bonds. The van der Waals surface area contributed by atoms with Gasteiger partial charge in [0.1, 0.15) is 0 Å². The molecule has 0 atom stereocenters. The Kier molecular flexibility index (Phi) is 6.04. The highest BCUT2D eigenvalue weighted by atomic mass is 32.1. The first-order valence-electron chi connectivity index (χ1n) is 9.11. The van der Waals surface area contributed by atoms with E-state index in [1.807, 2.05) is 32.0 Å². The normalized spacial score (nSPS) is 10.9. The topological polar surface area (TPSA) is 69.6 Å². The number of hydrogen-bond donors (Lipinski definition) is 1. The van der Waals surface area contributed by atoms with Crippen LogP contribution in [0.3, 0.4) is 0 Å². The Morgan fingerprint density at radius 2 is 1.93 bits per heavy atom. The van der Waals surface area contributed by atoms with Crippen LogP contribution in [0.4, 0.5) is 0 Å². The lowest BCUT2D eigenvalue weighted by Crippen LogP contribution is -2.26. The van der Waals surface area contributed by atoms with E-state index in [1.54, 1.807) is 31.0 Å². The number of fused-ring (bicyclic) bond motifs is 1. The number of hydrogen-bond acceptors (Lipinski definition) is 5. The molecule has 3 rings (SSSR count). The van der Waals surface area contributed by atoms with E-state index >= 15 is 0 Å². The standard InChI is InChI=1S/C21H24N2O4S/c1-5-9-23-10-8-17-19(21(23)25)18(13(2)28-17)20(24)22-12-14-6-7-15(26-3)16(11-14)27-4/h6-8,10-11H,5,9,12H2,1-4H3,(H,22,24). The van der Waals surface area contributed by atoms with Crippen LogP contribution in [0, 0.1) is 6.92 Å². The van der Waals surface area contributed by atoms with Crippen molar-refractivity contribution in [1.29, 1.82) is 0 Å². The number of amides is 1. The smallest absolute Gasteiger partial charge is 0.260 e. The zero-order valence-corrected chi connectivity index (χ0v) is 17.3. The van der Waals surface area contributed by atoms with Crippen molar-refractivity contribution in [3.8, 4) is 11.5 Å². The molecular formula is C21H24N2O4S. The summed E-state index contributed by atoms with van der Waals surface area (Å²) in [5.74, 6) is 0.993. The van der Waals surface area contributed by atoms with Crippen molar-refractivity contribution in [2.45, 2.75) is 33.4 Å². The molecule has 0 fully saturated rings. The second kappa shape index (κ2) is 8.48. The number of thiophene rings is 1. The van der Waals surface area contributed by atoms with Crippen LogP contribution in [0.2, 0.25) is 0 Å². The molecule has 2 heterocycles. The van der Waals surface area contributed by atoms with Gasteiger partial charge in [0.25, 0.3) is 11.5 Å². The third-order valence-corrected chi connectivity index (χ3v) is 5.66. The fraction of sp³-hybridized carbons (Fsp3) is 0.333. The number of aromatic nitrogens is 1. The minimum atomic E-state index is -0.245. The van der Waals surface area contributed by atoms with Gasteiger partial charge >= 0.3 is 0 Å². The molecule has 7 heteroatoms. The number of carbonyl (C=O) groups is 1. The SMILES string of the molecule is CCCn1ccc2sc(C)c(C(=O)NCc3ccc(OC)c(OC)c3)c2c1=O. The predicted molar refractivity (Wildman–Crippen MR) is 112 cm³/mol. The summed E-state index contributed by atoms with van der Waals surface area (Å²) < 4.78 is 13.0. The fourth-order valence-corrected chi connectivity index (χ4v) is 4.26. The average Bonchev–Trinajstić information content (AvgIpc) is 3.05. The van der Waals surface area contributed by atoms with Crippen LogP contribution >= 0.6 is 11.3 Å². The summed E-state index contributed by atoms with van der Waals surface area (Å²) in [6.45, 7) is 4.86. The minimum Gasteiger partial charge on any atom is -0.493 e. The predicted octanol–water partition coefficient (Wildman–Crippen LogP) is 3.73. The van der Waals surface area contributed by atoms with Gasteiger partial charge in [0.15, 0.2) is 11.5 Å². The molecule has 3 aromatic rings. The maximum absolute atomic E-state index is 12.9. The molecule has 6 nitrogen and oxygen atoms in total. The molecule has 0 aliphatic heterocycles. The lowest BCUT2D eigenvalue weighted by molar-refractivity contribution is 0.0952. The van der Waals surface area contributed by atoms with Gasteiger partial charge in [-0.1, -0.05) is 13.0 Å². The van der Waals surface area contributed by atoms with E-state index in [-0.39, 0.29) is 11.5 Å². The number of benzene rings is 1. The van der Waals surface area contributed by atoms with Crippen LogP contribution in [-0.2, 0) is 13.1 Å². The van der Waals surface area contributed by atoms with Crippen molar-refractivity contribution in [3.63, 3.8) is 0 Å². The number of nitrogens with zero attached hydrogens (tertiary/aromatic N) is 1. The highest BCUT2D eigenvalue weighted by Crippen LogP contribution is 2.29. The van der Waals surface area contributed by atoms with Gasteiger partial charge in [-0.2, -0.15) is 0 Å². The number of nitrogens with one attached hydrogen (secondary N) is 1. The Labute approximate surface area is 167 Å². The second-order valence-corrected chi connectivity index (χ2v) is 7.72. The second-order valence-electron chi connectivity index (χ2n) is 6.46. The Morgan fingerprint density at radius 1 is 1.18 bits per heavy atom.